The molecule has 0 spiro atoms. The summed E-state index contributed by atoms with van der Waals surface area (Å²) in [5, 5.41) is 9.13. The van der Waals surface area contributed by atoms with Gasteiger partial charge >= 0.3 is 0 Å². The zero-order valence-electron chi connectivity index (χ0n) is 8.76. The molecule has 1 heterocycles. The van der Waals surface area contributed by atoms with Crippen molar-refractivity contribution >= 4 is 5.91 Å². The molecule has 1 aliphatic rings. The number of carbonyl (C=O) groups is 1. The van der Waals surface area contributed by atoms with Crippen molar-refractivity contribution in [3.05, 3.63) is 35.9 Å². The standard InChI is InChI=1S/C12H15NO2/c1-9-11(8-14)13(12(9)15)7-10-5-3-2-4-6-10/h2-6,9,11,14H,7-8H2,1H3/t9-,11+/m1/s1. The van der Waals surface area contributed by atoms with Gasteiger partial charge in [0, 0.05) is 6.54 Å². The summed E-state index contributed by atoms with van der Waals surface area (Å²) in [4.78, 5) is 13.3. The number of nitrogens with zero attached hydrogens (tertiary/aromatic N) is 1. The van der Waals surface area contributed by atoms with Gasteiger partial charge in [0.1, 0.15) is 0 Å². The first-order valence-electron chi connectivity index (χ1n) is 5.19. The number of aliphatic hydroxyl groups is 1. The minimum atomic E-state index is -0.0290. The van der Waals surface area contributed by atoms with Gasteiger partial charge in [0.25, 0.3) is 0 Å². The molecule has 2 rings (SSSR count). The number of rotatable bonds is 3. The maximum atomic E-state index is 11.6. The molecule has 0 bridgehead atoms. The maximum Gasteiger partial charge on any atom is 0.228 e. The molecular formula is C12H15NO2. The van der Waals surface area contributed by atoms with Crippen LogP contribution < -0.4 is 0 Å². The zero-order chi connectivity index (χ0) is 10.8. The molecule has 15 heavy (non-hydrogen) atoms. The summed E-state index contributed by atoms with van der Waals surface area (Å²) in [5.74, 6) is 0.108. The fourth-order valence-corrected chi connectivity index (χ4v) is 2.01. The Labute approximate surface area is 89.3 Å². The largest absolute Gasteiger partial charge is 0.394 e. The third-order valence-corrected chi connectivity index (χ3v) is 3.03. The smallest absolute Gasteiger partial charge is 0.228 e. The molecule has 1 saturated heterocycles. The fraction of sp³-hybridized carbons (Fsp3) is 0.417. The van der Waals surface area contributed by atoms with Crippen molar-refractivity contribution in [1.29, 1.82) is 0 Å². The van der Waals surface area contributed by atoms with Crippen LogP contribution in [0.25, 0.3) is 0 Å². The van der Waals surface area contributed by atoms with Crippen LogP contribution in [0, 0.1) is 5.92 Å². The van der Waals surface area contributed by atoms with Crippen molar-refractivity contribution in [1.82, 2.24) is 4.90 Å². The van der Waals surface area contributed by atoms with Crippen molar-refractivity contribution in [2.45, 2.75) is 19.5 Å². The van der Waals surface area contributed by atoms with Crippen molar-refractivity contribution < 1.29 is 9.90 Å². The summed E-state index contributed by atoms with van der Waals surface area (Å²) < 4.78 is 0. The molecule has 3 heteroatoms. The van der Waals surface area contributed by atoms with E-state index in [1.165, 1.54) is 0 Å². The molecule has 0 unspecified atom stereocenters. The third kappa shape index (κ3) is 1.75. The Morgan fingerprint density at radius 1 is 1.33 bits per heavy atom. The minimum absolute atomic E-state index is 0.00212. The van der Waals surface area contributed by atoms with E-state index in [1.807, 2.05) is 37.3 Å². The van der Waals surface area contributed by atoms with Gasteiger partial charge in [0.2, 0.25) is 5.91 Å². The van der Waals surface area contributed by atoms with Gasteiger partial charge in [-0.15, -0.1) is 0 Å². The quantitative estimate of drug-likeness (QED) is 0.749. The van der Waals surface area contributed by atoms with Crippen LogP contribution in [0.3, 0.4) is 0 Å². The topological polar surface area (TPSA) is 40.5 Å². The molecule has 0 aliphatic carbocycles. The van der Waals surface area contributed by atoms with Gasteiger partial charge in [0.15, 0.2) is 0 Å². The molecule has 2 atom stereocenters. The second-order valence-corrected chi connectivity index (χ2v) is 3.99. The fourth-order valence-electron chi connectivity index (χ4n) is 2.01. The van der Waals surface area contributed by atoms with E-state index in [-0.39, 0.29) is 24.5 Å². The van der Waals surface area contributed by atoms with Crippen LogP contribution in [0.2, 0.25) is 0 Å². The number of β-lactam (4-membered cyclic amide) rings is 1. The molecular weight excluding hydrogens is 190 g/mol. The van der Waals surface area contributed by atoms with Crippen molar-refractivity contribution in [3.8, 4) is 0 Å². The van der Waals surface area contributed by atoms with E-state index >= 15 is 0 Å². The van der Waals surface area contributed by atoms with E-state index in [2.05, 4.69) is 0 Å². The summed E-state index contributed by atoms with van der Waals surface area (Å²) in [7, 11) is 0. The molecule has 1 aromatic rings. The van der Waals surface area contributed by atoms with Crippen LogP contribution in [0.5, 0.6) is 0 Å². The molecule has 1 aromatic carbocycles. The second-order valence-electron chi connectivity index (χ2n) is 3.99. The van der Waals surface area contributed by atoms with Crippen LogP contribution >= 0.6 is 0 Å². The first-order valence-corrected chi connectivity index (χ1v) is 5.19. The van der Waals surface area contributed by atoms with Gasteiger partial charge in [-0.1, -0.05) is 37.3 Å². The molecule has 1 aliphatic heterocycles. The average molecular weight is 205 g/mol. The predicted octanol–water partition coefficient (Wildman–Crippen LogP) is 1.03. The SMILES string of the molecule is C[C@H]1C(=O)N(Cc2ccccc2)[C@H]1CO. The van der Waals surface area contributed by atoms with Crippen LogP contribution in [-0.4, -0.2) is 28.6 Å². The number of hydrogen-bond acceptors (Lipinski definition) is 2. The first-order chi connectivity index (χ1) is 7.24. The Morgan fingerprint density at radius 3 is 2.60 bits per heavy atom. The van der Waals surface area contributed by atoms with Crippen LogP contribution in [0.1, 0.15) is 12.5 Å². The number of carbonyl (C=O) groups excluding carboxylic acids is 1. The summed E-state index contributed by atoms with van der Waals surface area (Å²) in [6.45, 7) is 2.53. The van der Waals surface area contributed by atoms with Gasteiger partial charge in [0.05, 0.1) is 18.6 Å². The third-order valence-electron chi connectivity index (χ3n) is 3.03. The summed E-state index contributed by atoms with van der Waals surface area (Å²) in [6, 6.07) is 9.84. The lowest BCUT2D eigenvalue weighted by Gasteiger charge is -2.45. The highest BCUT2D eigenvalue weighted by atomic mass is 16.3. The first kappa shape index (κ1) is 10.2. The van der Waals surface area contributed by atoms with Crippen molar-refractivity contribution in [2.24, 2.45) is 5.92 Å². The number of likely N-dealkylation sites (tertiary alicyclic amines) is 1. The summed E-state index contributed by atoms with van der Waals surface area (Å²) >= 11 is 0. The highest BCUT2D eigenvalue weighted by Gasteiger charge is 2.43. The Bertz CT molecular complexity index is 350. The molecule has 1 fully saturated rings. The Morgan fingerprint density at radius 2 is 2.00 bits per heavy atom. The van der Waals surface area contributed by atoms with Gasteiger partial charge < -0.3 is 10.0 Å². The molecule has 0 aromatic heterocycles. The van der Waals surface area contributed by atoms with E-state index in [4.69, 9.17) is 5.11 Å². The van der Waals surface area contributed by atoms with E-state index in [9.17, 15) is 4.79 Å². The molecule has 1 amide bonds. The maximum absolute atomic E-state index is 11.6. The summed E-state index contributed by atoms with van der Waals surface area (Å²) in [5.41, 5.74) is 1.11. The minimum Gasteiger partial charge on any atom is -0.394 e. The van der Waals surface area contributed by atoms with Gasteiger partial charge in [-0.2, -0.15) is 0 Å². The van der Waals surface area contributed by atoms with Crippen LogP contribution in [0.4, 0.5) is 0 Å². The van der Waals surface area contributed by atoms with E-state index in [0.29, 0.717) is 6.54 Å². The summed E-state index contributed by atoms with van der Waals surface area (Å²) in [6.07, 6.45) is 0. The van der Waals surface area contributed by atoms with Gasteiger partial charge in [-0.05, 0) is 5.56 Å². The highest BCUT2D eigenvalue weighted by molar-refractivity contribution is 5.85. The van der Waals surface area contributed by atoms with Crippen molar-refractivity contribution in [3.63, 3.8) is 0 Å². The molecule has 0 radical (unpaired) electrons. The Kier molecular flexibility index (Phi) is 2.73. The van der Waals surface area contributed by atoms with Crippen LogP contribution in [0.15, 0.2) is 30.3 Å². The van der Waals surface area contributed by atoms with Gasteiger partial charge in [-0.25, -0.2) is 0 Å². The lowest BCUT2D eigenvalue weighted by atomic mass is 9.89. The van der Waals surface area contributed by atoms with E-state index in [1.54, 1.807) is 4.90 Å². The highest BCUT2D eigenvalue weighted by Crippen LogP contribution is 2.27. The number of benzene rings is 1. The second kappa shape index (κ2) is 4.03. The average Bonchev–Trinajstić information content (AvgIpc) is 2.29. The Balaban J connectivity index is 2.04. The van der Waals surface area contributed by atoms with Crippen LogP contribution in [-0.2, 0) is 11.3 Å². The van der Waals surface area contributed by atoms with E-state index in [0.717, 1.165) is 5.56 Å². The lowest BCUT2D eigenvalue weighted by molar-refractivity contribution is -0.158. The predicted molar refractivity (Wildman–Crippen MR) is 57.0 cm³/mol. The number of hydrogen-bond donors (Lipinski definition) is 1. The van der Waals surface area contributed by atoms with E-state index < -0.39 is 0 Å². The Hall–Kier alpha value is -1.35. The lowest BCUT2D eigenvalue weighted by Crippen LogP contribution is -2.60. The van der Waals surface area contributed by atoms with Gasteiger partial charge in [-0.3, -0.25) is 4.79 Å². The molecule has 80 valence electrons. The normalized spacial score (nSPS) is 25.2. The molecule has 3 nitrogen and oxygen atoms in total. The molecule has 1 N–H and O–H groups in total. The monoisotopic (exact) mass is 205 g/mol. The zero-order valence-corrected chi connectivity index (χ0v) is 8.76. The van der Waals surface area contributed by atoms with Crippen molar-refractivity contribution in [2.75, 3.05) is 6.61 Å². The molecule has 0 saturated carbocycles. The number of aliphatic hydroxyl groups excluding tert-OH is 1. The number of amides is 1.